The van der Waals surface area contributed by atoms with Crippen molar-refractivity contribution in [3.05, 3.63) is 46.4 Å². The molecule has 6 heteroatoms. The first-order valence-electron chi connectivity index (χ1n) is 7.69. The van der Waals surface area contributed by atoms with E-state index in [0.717, 1.165) is 41.9 Å². The lowest BCUT2D eigenvalue weighted by atomic mass is 10.4. The predicted octanol–water partition coefficient (Wildman–Crippen LogP) is 3.64. The molecule has 0 fully saturated rings. The van der Waals surface area contributed by atoms with Crippen LogP contribution >= 0.6 is 23.1 Å². The standard InChI is InChI=1S/C17H24N4S2/c1-14-20-15(13-23-14)12-21(3)17(18-2)19-10-7-11-22-16-8-5-4-6-9-16/h4-6,8-9,13H,7,10-12H2,1-3H3,(H,18,19). The maximum atomic E-state index is 4.50. The van der Waals surface area contributed by atoms with Gasteiger partial charge in [0.2, 0.25) is 0 Å². The molecule has 0 radical (unpaired) electrons. The summed E-state index contributed by atoms with van der Waals surface area (Å²) < 4.78 is 0. The fourth-order valence-electron chi connectivity index (χ4n) is 2.16. The van der Waals surface area contributed by atoms with Crippen molar-refractivity contribution < 1.29 is 0 Å². The number of thioether (sulfide) groups is 1. The Morgan fingerprint density at radius 2 is 2.13 bits per heavy atom. The maximum absolute atomic E-state index is 4.50. The summed E-state index contributed by atoms with van der Waals surface area (Å²) in [5.74, 6) is 2.02. The minimum atomic E-state index is 0.781. The van der Waals surface area contributed by atoms with E-state index in [0.29, 0.717) is 0 Å². The lowest BCUT2D eigenvalue weighted by molar-refractivity contribution is 0.471. The number of aliphatic imine (C=N–C) groups is 1. The monoisotopic (exact) mass is 348 g/mol. The molecule has 0 bridgehead atoms. The van der Waals surface area contributed by atoms with Crippen LogP contribution in [0.25, 0.3) is 0 Å². The molecule has 1 aromatic heterocycles. The van der Waals surface area contributed by atoms with Crippen LogP contribution in [0.2, 0.25) is 0 Å². The van der Waals surface area contributed by atoms with Crippen LogP contribution in [-0.4, -0.2) is 42.2 Å². The summed E-state index contributed by atoms with van der Waals surface area (Å²) >= 11 is 3.58. The van der Waals surface area contributed by atoms with E-state index in [4.69, 9.17) is 0 Å². The molecule has 23 heavy (non-hydrogen) atoms. The second-order valence-corrected chi connectivity index (χ2v) is 7.43. The Labute approximate surface area is 147 Å². The second-order valence-electron chi connectivity index (χ2n) is 5.20. The quantitative estimate of drug-likeness (QED) is 0.359. The Bertz CT molecular complexity index is 610. The third kappa shape index (κ3) is 6.23. The summed E-state index contributed by atoms with van der Waals surface area (Å²) in [7, 11) is 3.87. The van der Waals surface area contributed by atoms with Crippen LogP contribution in [0.3, 0.4) is 0 Å². The van der Waals surface area contributed by atoms with Gasteiger partial charge in [0.15, 0.2) is 5.96 Å². The van der Waals surface area contributed by atoms with E-state index in [1.807, 2.05) is 32.8 Å². The van der Waals surface area contributed by atoms with Crippen molar-refractivity contribution in [2.45, 2.75) is 24.8 Å². The number of aryl methyl sites for hydroxylation is 1. The van der Waals surface area contributed by atoms with Crippen molar-refractivity contribution >= 4 is 29.1 Å². The fourth-order valence-corrected chi connectivity index (χ4v) is 3.64. The SMILES string of the molecule is CN=C(NCCCSc1ccccc1)N(C)Cc1csc(C)n1. The van der Waals surface area contributed by atoms with Gasteiger partial charge in [0.05, 0.1) is 17.2 Å². The highest BCUT2D eigenvalue weighted by atomic mass is 32.2. The Morgan fingerprint density at radius 1 is 1.35 bits per heavy atom. The highest BCUT2D eigenvalue weighted by Crippen LogP contribution is 2.17. The van der Waals surface area contributed by atoms with Gasteiger partial charge in [-0.25, -0.2) is 4.98 Å². The van der Waals surface area contributed by atoms with E-state index in [1.165, 1.54) is 4.90 Å². The van der Waals surface area contributed by atoms with E-state index < -0.39 is 0 Å². The molecule has 0 saturated heterocycles. The third-order valence-electron chi connectivity index (χ3n) is 3.26. The van der Waals surface area contributed by atoms with Gasteiger partial charge >= 0.3 is 0 Å². The molecule has 0 unspecified atom stereocenters. The molecule has 0 saturated carbocycles. The molecule has 0 spiro atoms. The zero-order valence-corrected chi connectivity index (χ0v) is 15.6. The average Bonchev–Trinajstić information content (AvgIpc) is 2.96. The van der Waals surface area contributed by atoms with Crippen LogP contribution in [0.15, 0.2) is 45.6 Å². The molecule has 2 aromatic rings. The summed E-state index contributed by atoms with van der Waals surface area (Å²) in [6.45, 7) is 3.74. The van der Waals surface area contributed by atoms with Gasteiger partial charge in [-0.3, -0.25) is 4.99 Å². The normalized spacial score (nSPS) is 11.5. The smallest absolute Gasteiger partial charge is 0.193 e. The first kappa shape index (κ1) is 17.8. The molecule has 2 rings (SSSR count). The molecule has 4 nitrogen and oxygen atoms in total. The number of hydrogen-bond donors (Lipinski definition) is 1. The minimum Gasteiger partial charge on any atom is -0.356 e. The molecule has 0 aliphatic heterocycles. The number of nitrogens with zero attached hydrogens (tertiary/aromatic N) is 3. The number of benzene rings is 1. The van der Waals surface area contributed by atoms with E-state index in [-0.39, 0.29) is 0 Å². The number of thiazole rings is 1. The minimum absolute atomic E-state index is 0.781. The molecular formula is C17H24N4S2. The van der Waals surface area contributed by atoms with E-state index in [9.17, 15) is 0 Å². The second kappa shape index (κ2) is 9.57. The van der Waals surface area contributed by atoms with Crippen LogP contribution in [0, 0.1) is 6.92 Å². The molecule has 1 N–H and O–H groups in total. The Hall–Kier alpha value is -1.53. The van der Waals surface area contributed by atoms with Crippen molar-refractivity contribution in [3.63, 3.8) is 0 Å². The Morgan fingerprint density at radius 3 is 2.78 bits per heavy atom. The fraction of sp³-hybridized carbons (Fsp3) is 0.412. The van der Waals surface area contributed by atoms with Gasteiger partial charge in [-0.15, -0.1) is 23.1 Å². The summed E-state index contributed by atoms with van der Waals surface area (Å²) in [6.07, 6.45) is 1.10. The van der Waals surface area contributed by atoms with Crippen molar-refractivity contribution in [3.8, 4) is 0 Å². The summed E-state index contributed by atoms with van der Waals surface area (Å²) in [4.78, 5) is 12.3. The largest absolute Gasteiger partial charge is 0.356 e. The molecule has 124 valence electrons. The van der Waals surface area contributed by atoms with Crippen molar-refractivity contribution in [1.82, 2.24) is 15.2 Å². The summed E-state index contributed by atoms with van der Waals surface area (Å²) in [6, 6.07) is 10.5. The molecule has 0 atom stereocenters. The number of guanidine groups is 1. The highest BCUT2D eigenvalue weighted by molar-refractivity contribution is 7.99. The molecule has 1 heterocycles. The number of rotatable bonds is 7. The lowest BCUT2D eigenvalue weighted by Crippen LogP contribution is -2.39. The molecule has 1 aromatic carbocycles. The van der Waals surface area contributed by atoms with E-state index >= 15 is 0 Å². The van der Waals surface area contributed by atoms with Gasteiger partial charge in [-0.1, -0.05) is 18.2 Å². The van der Waals surface area contributed by atoms with E-state index in [1.54, 1.807) is 11.3 Å². The molecular weight excluding hydrogens is 324 g/mol. The average molecular weight is 349 g/mol. The van der Waals surface area contributed by atoms with Crippen LogP contribution in [0.4, 0.5) is 0 Å². The topological polar surface area (TPSA) is 40.5 Å². The van der Waals surface area contributed by atoms with Gasteiger partial charge in [-0.2, -0.15) is 0 Å². The molecule has 0 aliphatic rings. The number of aromatic nitrogens is 1. The number of hydrogen-bond acceptors (Lipinski definition) is 4. The first-order chi connectivity index (χ1) is 11.2. The van der Waals surface area contributed by atoms with Gasteiger partial charge in [0, 0.05) is 30.9 Å². The van der Waals surface area contributed by atoms with E-state index in [2.05, 4.69) is 55.9 Å². The van der Waals surface area contributed by atoms with Gasteiger partial charge < -0.3 is 10.2 Å². The van der Waals surface area contributed by atoms with Crippen molar-refractivity contribution in [1.29, 1.82) is 0 Å². The van der Waals surface area contributed by atoms with Gasteiger partial charge in [0.1, 0.15) is 0 Å². The zero-order chi connectivity index (χ0) is 16.5. The zero-order valence-electron chi connectivity index (χ0n) is 14.0. The Kier molecular flexibility index (Phi) is 7.42. The maximum Gasteiger partial charge on any atom is 0.193 e. The third-order valence-corrected chi connectivity index (χ3v) is 5.18. The van der Waals surface area contributed by atoms with Crippen molar-refractivity contribution in [2.75, 3.05) is 26.4 Å². The van der Waals surface area contributed by atoms with Crippen LogP contribution < -0.4 is 5.32 Å². The Balaban J connectivity index is 1.68. The van der Waals surface area contributed by atoms with Gasteiger partial charge in [0.25, 0.3) is 0 Å². The summed E-state index contributed by atoms with van der Waals surface area (Å²) in [5.41, 5.74) is 1.09. The van der Waals surface area contributed by atoms with Crippen LogP contribution in [0.5, 0.6) is 0 Å². The first-order valence-corrected chi connectivity index (χ1v) is 9.56. The molecule has 0 amide bonds. The van der Waals surface area contributed by atoms with Gasteiger partial charge in [-0.05, 0) is 31.2 Å². The van der Waals surface area contributed by atoms with Crippen molar-refractivity contribution in [2.24, 2.45) is 4.99 Å². The molecule has 0 aliphatic carbocycles. The predicted molar refractivity (Wildman–Crippen MR) is 101 cm³/mol. The number of nitrogens with one attached hydrogen (secondary N) is 1. The van der Waals surface area contributed by atoms with Crippen LogP contribution in [0.1, 0.15) is 17.1 Å². The van der Waals surface area contributed by atoms with Crippen LogP contribution in [-0.2, 0) is 6.54 Å². The highest BCUT2D eigenvalue weighted by Gasteiger charge is 2.08. The lowest BCUT2D eigenvalue weighted by Gasteiger charge is -2.21. The summed E-state index contributed by atoms with van der Waals surface area (Å²) in [5, 5.41) is 6.63.